The number of rotatable bonds is 6. The van der Waals surface area contributed by atoms with Gasteiger partial charge >= 0.3 is 5.97 Å². The van der Waals surface area contributed by atoms with Gasteiger partial charge in [-0.25, -0.2) is 4.68 Å². The van der Waals surface area contributed by atoms with Crippen molar-refractivity contribution in [2.24, 2.45) is 0 Å². The van der Waals surface area contributed by atoms with Gasteiger partial charge in [0.2, 0.25) is 5.91 Å². The van der Waals surface area contributed by atoms with Crippen molar-refractivity contribution in [1.29, 1.82) is 0 Å². The number of esters is 1. The minimum Gasteiger partial charge on any atom is -0.469 e. The number of amides is 1. The predicted octanol–water partition coefficient (Wildman–Crippen LogP) is 4.01. The van der Waals surface area contributed by atoms with E-state index in [1.54, 1.807) is 0 Å². The molecule has 1 atom stereocenters. The van der Waals surface area contributed by atoms with E-state index >= 15 is 0 Å². The standard InChI is InChI=1S/C23H31N3O3/c1-23(2,3)16-11-13-17(14-12-16)26-20-8-5-7-19(18(20)15-24-26)25-21(27)9-6-10-22(28)29-4/h11-15,19H,5-10H2,1-4H3,(H,25,27)/t19-/m1/s1. The van der Waals surface area contributed by atoms with E-state index in [0.29, 0.717) is 12.8 Å². The Kier molecular flexibility index (Phi) is 6.40. The SMILES string of the molecule is COC(=O)CCCC(=O)N[C@@H]1CCCc2c1cnn2-c1ccc(C(C)(C)C)cc1. The topological polar surface area (TPSA) is 73.2 Å². The number of fused-ring (bicyclic) bond motifs is 1. The van der Waals surface area contributed by atoms with Crippen molar-refractivity contribution >= 4 is 11.9 Å². The number of hydrogen-bond donors (Lipinski definition) is 1. The summed E-state index contributed by atoms with van der Waals surface area (Å²) < 4.78 is 6.61. The molecular weight excluding hydrogens is 366 g/mol. The van der Waals surface area contributed by atoms with Crippen LogP contribution in [0.5, 0.6) is 0 Å². The molecule has 1 aliphatic carbocycles. The van der Waals surface area contributed by atoms with Crippen LogP contribution in [0.4, 0.5) is 0 Å². The zero-order valence-electron chi connectivity index (χ0n) is 17.8. The molecule has 6 nitrogen and oxygen atoms in total. The molecule has 29 heavy (non-hydrogen) atoms. The highest BCUT2D eigenvalue weighted by molar-refractivity contribution is 5.77. The van der Waals surface area contributed by atoms with E-state index in [9.17, 15) is 9.59 Å². The summed E-state index contributed by atoms with van der Waals surface area (Å²) in [5.74, 6) is -0.314. The first-order valence-electron chi connectivity index (χ1n) is 10.3. The number of carbonyl (C=O) groups is 2. The molecule has 0 spiro atoms. The van der Waals surface area contributed by atoms with Crippen LogP contribution in [0.15, 0.2) is 30.5 Å². The summed E-state index contributed by atoms with van der Waals surface area (Å²) in [6.07, 6.45) is 5.83. The molecule has 3 rings (SSSR count). The highest BCUT2D eigenvalue weighted by Gasteiger charge is 2.26. The maximum atomic E-state index is 12.3. The summed E-state index contributed by atoms with van der Waals surface area (Å²) in [6.45, 7) is 6.61. The van der Waals surface area contributed by atoms with E-state index < -0.39 is 0 Å². The first-order chi connectivity index (χ1) is 13.8. The minimum atomic E-state index is -0.281. The number of aromatic nitrogens is 2. The van der Waals surface area contributed by atoms with Crippen LogP contribution in [0, 0.1) is 0 Å². The Morgan fingerprint density at radius 3 is 2.59 bits per heavy atom. The lowest BCUT2D eigenvalue weighted by molar-refractivity contribution is -0.140. The third kappa shape index (κ3) is 5.05. The quantitative estimate of drug-likeness (QED) is 0.748. The van der Waals surface area contributed by atoms with Gasteiger partial charge in [-0.1, -0.05) is 32.9 Å². The lowest BCUT2D eigenvalue weighted by atomic mass is 9.87. The van der Waals surface area contributed by atoms with E-state index in [4.69, 9.17) is 0 Å². The van der Waals surface area contributed by atoms with Crippen molar-refractivity contribution in [3.8, 4) is 5.69 Å². The second kappa shape index (κ2) is 8.80. The smallest absolute Gasteiger partial charge is 0.305 e. The summed E-state index contributed by atoms with van der Waals surface area (Å²) in [5, 5.41) is 7.73. The van der Waals surface area contributed by atoms with Crippen LogP contribution < -0.4 is 5.32 Å². The van der Waals surface area contributed by atoms with Gasteiger partial charge in [0, 0.05) is 24.1 Å². The van der Waals surface area contributed by atoms with Gasteiger partial charge in [0.15, 0.2) is 0 Å². The summed E-state index contributed by atoms with van der Waals surface area (Å²) in [6, 6.07) is 8.53. The van der Waals surface area contributed by atoms with Gasteiger partial charge in [-0.05, 0) is 48.8 Å². The fourth-order valence-electron chi connectivity index (χ4n) is 3.79. The van der Waals surface area contributed by atoms with Gasteiger partial charge < -0.3 is 10.1 Å². The van der Waals surface area contributed by atoms with Crippen molar-refractivity contribution in [1.82, 2.24) is 15.1 Å². The molecule has 0 saturated heterocycles. The second-order valence-corrected chi connectivity index (χ2v) is 8.70. The second-order valence-electron chi connectivity index (χ2n) is 8.70. The van der Waals surface area contributed by atoms with Crippen LogP contribution in [0.2, 0.25) is 0 Å². The van der Waals surface area contributed by atoms with Gasteiger partial charge in [0.25, 0.3) is 0 Å². The van der Waals surface area contributed by atoms with Crippen molar-refractivity contribution < 1.29 is 14.3 Å². The van der Waals surface area contributed by atoms with Crippen LogP contribution in [-0.2, 0) is 26.2 Å². The molecule has 0 saturated carbocycles. The molecule has 0 radical (unpaired) electrons. The van der Waals surface area contributed by atoms with E-state index in [1.165, 1.54) is 18.4 Å². The molecule has 0 unspecified atom stereocenters. The van der Waals surface area contributed by atoms with Crippen LogP contribution in [0.3, 0.4) is 0 Å². The van der Waals surface area contributed by atoms with Gasteiger partial charge in [-0.15, -0.1) is 0 Å². The van der Waals surface area contributed by atoms with E-state index in [2.05, 4.69) is 60.2 Å². The summed E-state index contributed by atoms with van der Waals surface area (Å²) in [4.78, 5) is 23.5. The Bertz CT molecular complexity index is 862. The number of carbonyl (C=O) groups excluding carboxylic acids is 2. The van der Waals surface area contributed by atoms with Crippen LogP contribution >= 0.6 is 0 Å². The van der Waals surface area contributed by atoms with Gasteiger partial charge in [0.1, 0.15) is 0 Å². The predicted molar refractivity (Wildman–Crippen MR) is 112 cm³/mol. The molecule has 0 fully saturated rings. The molecular formula is C23H31N3O3. The van der Waals surface area contributed by atoms with E-state index in [-0.39, 0.29) is 29.8 Å². The molecule has 156 valence electrons. The molecule has 0 aliphatic heterocycles. The number of hydrogen-bond acceptors (Lipinski definition) is 4. The lowest BCUT2D eigenvalue weighted by Gasteiger charge is -2.24. The minimum absolute atomic E-state index is 0.0213. The number of benzene rings is 1. The van der Waals surface area contributed by atoms with Crippen molar-refractivity contribution in [3.05, 3.63) is 47.3 Å². The molecule has 1 N–H and O–H groups in total. The summed E-state index contributed by atoms with van der Waals surface area (Å²) >= 11 is 0. The van der Waals surface area contributed by atoms with Gasteiger partial charge in [0.05, 0.1) is 25.0 Å². The Labute approximate surface area is 172 Å². The molecule has 1 aromatic heterocycles. The summed E-state index contributed by atoms with van der Waals surface area (Å²) in [5.41, 5.74) is 4.71. The first-order valence-corrected chi connectivity index (χ1v) is 10.3. The molecule has 1 amide bonds. The largest absolute Gasteiger partial charge is 0.469 e. The first kappa shape index (κ1) is 21.1. The molecule has 1 heterocycles. The molecule has 1 aliphatic rings. The lowest BCUT2D eigenvalue weighted by Crippen LogP contribution is -2.30. The number of nitrogens with one attached hydrogen (secondary N) is 1. The Hall–Kier alpha value is -2.63. The highest BCUT2D eigenvalue weighted by atomic mass is 16.5. The van der Waals surface area contributed by atoms with Crippen LogP contribution in [-0.4, -0.2) is 28.8 Å². The summed E-state index contributed by atoms with van der Waals surface area (Å²) in [7, 11) is 1.36. The monoisotopic (exact) mass is 397 g/mol. The Morgan fingerprint density at radius 1 is 1.21 bits per heavy atom. The zero-order chi connectivity index (χ0) is 21.0. The normalized spacial score (nSPS) is 16.2. The average Bonchev–Trinajstić information content (AvgIpc) is 3.12. The highest BCUT2D eigenvalue weighted by Crippen LogP contribution is 2.32. The van der Waals surface area contributed by atoms with Gasteiger partial charge in [-0.2, -0.15) is 5.10 Å². The van der Waals surface area contributed by atoms with Crippen LogP contribution in [0.1, 0.15) is 75.7 Å². The maximum absolute atomic E-state index is 12.3. The Balaban J connectivity index is 1.69. The number of methoxy groups -OCH3 is 1. The number of ether oxygens (including phenoxy) is 1. The van der Waals surface area contributed by atoms with E-state index in [0.717, 1.165) is 30.5 Å². The maximum Gasteiger partial charge on any atom is 0.305 e. The fourth-order valence-corrected chi connectivity index (χ4v) is 3.79. The fraction of sp³-hybridized carbons (Fsp3) is 0.522. The average molecular weight is 398 g/mol. The van der Waals surface area contributed by atoms with Crippen LogP contribution in [0.25, 0.3) is 5.69 Å². The van der Waals surface area contributed by atoms with E-state index in [1.807, 2.05) is 10.9 Å². The number of nitrogens with zero attached hydrogens (tertiary/aromatic N) is 2. The van der Waals surface area contributed by atoms with Crippen molar-refractivity contribution in [2.75, 3.05) is 7.11 Å². The van der Waals surface area contributed by atoms with Gasteiger partial charge in [-0.3, -0.25) is 9.59 Å². The third-order valence-corrected chi connectivity index (χ3v) is 5.51. The molecule has 6 heteroatoms. The zero-order valence-corrected chi connectivity index (χ0v) is 17.8. The van der Waals surface area contributed by atoms with Crippen molar-refractivity contribution in [3.63, 3.8) is 0 Å². The molecule has 1 aromatic carbocycles. The van der Waals surface area contributed by atoms with Crippen molar-refractivity contribution in [2.45, 2.75) is 70.8 Å². The third-order valence-electron chi connectivity index (χ3n) is 5.51. The molecule has 2 aromatic rings. The Morgan fingerprint density at radius 2 is 1.93 bits per heavy atom. The molecule has 0 bridgehead atoms.